The van der Waals surface area contributed by atoms with E-state index in [4.69, 9.17) is 4.43 Å². The summed E-state index contributed by atoms with van der Waals surface area (Å²) in [5.74, 6) is 0. The van der Waals surface area contributed by atoms with Gasteiger partial charge in [-0.1, -0.05) is 41.5 Å². The standard InChI is InChI=1S/C27H61N3OSi/c1-10-20-28(13-4)23-16-27(19-26-32(8,9)31-7,17-24-29(14-5)21-11-2)18-25-30(15-6)22-12-3/h10-26H2,1-9H3. The maximum atomic E-state index is 6.00. The van der Waals surface area contributed by atoms with Crippen molar-refractivity contribution in [3.8, 4) is 0 Å². The summed E-state index contributed by atoms with van der Waals surface area (Å²) in [5, 5.41) is 0. The highest BCUT2D eigenvalue weighted by atomic mass is 28.4. The first-order valence-electron chi connectivity index (χ1n) is 14.0. The van der Waals surface area contributed by atoms with Gasteiger partial charge in [-0.05, 0) is 128 Å². The van der Waals surface area contributed by atoms with Crippen molar-refractivity contribution in [2.45, 2.75) is 106 Å². The van der Waals surface area contributed by atoms with E-state index in [0.717, 1.165) is 0 Å². The Bertz CT molecular complexity index is 388. The van der Waals surface area contributed by atoms with Crippen molar-refractivity contribution in [2.75, 3.05) is 66.0 Å². The summed E-state index contributed by atoms with van der Waals surface area (Å²) in [6, 6.07) is 1.28. The highest BCUT2D eigenvalue weighted by Gasteiger charge is 2.34. The van der Waals surface area contributed by atoms with Crippen molar-refractivity contribution < 1.29 is 4.43 Å². The van der Waals surface area contributed by atoms with Crippen LogP contribution in [0.15, 0.2) is 0 Å². The van der Waals surface area contributed by atoms with Crippen molar-refractivity contribution in [2.24, 2.45) is 5.41 Å². The number of rotatable bonds is 22. The lowest BCUT2D eigenvalue weighted by atomic mass is 9.75. The minimum Gasteiger partial charge on any atom is -0.420 e. The van der Waals surface area contributed by atoms with Crippen molar-refractivity contribution >= 4 is 8.32 Å². The molecular weight excluding hydrogens is 410 g/mol. The zero-order valence-electron chi connectivity index (χ0n) is 23.8. The van der Waals surface area contributed by atoms with E-state index < -0.39 is 8.32 Å². The van der Waals surface area contributed by atoms with Gasteiger partial charge in [-0.3, -0.25) is 0 Å². The molecule has 0 aromatic heterocycles. The van der Waals surface area contributed by atoms with Crippen molar-refractivity contribution in [1.29, 1.82) is 0 Å². The van der Waals surface area contributed by atoms with E-state index in [0.29, 0.717) is 5.41 Å². The summed E-state index contributed by atoms with van der Waals surface area (Å²) in [7, 11) is 0.372. The van der Waals surface area contributed by atoms with Gasteiger partial charge < -0.3 is 19.1 Å². The Morgan fingerprint density at radius 3 is 1.16 bits per heavy atom. The van der Waals surface area contributed by atoms with Crippen LogP contribution in [-0.4, -0.2) is 89.0 Å². The van der Waals surface area contributed by atoms with Gasteiger partial charge in [-0.15, -0.1) is 0 Å². The summed E-state index contributed by atoms with van der Waals surface area (Å²) in [6.45, 7) is 29.7. The third-order valence-corrected chi connectivity index (χ3v) is 10.2. The molecule has 5 heteroatoms. The molecule has 32 heavy (non-hydrogen) atoms. The van der Waals surface area contributed by atoms with E-state index in [-0.39, 0.29) is 0 Å². The number of nitrogens with zero attached hydrogens (tertiary/aromatic N) is 3. The number of hydrogen-bond donors (Lipinski definition) is 0. The lowest BCUT2D eigenvalue weighted by Gasteiger charge is -2.40. The molecule has 0 aliphatic heterocycles. The van der Waals surface area contributed by atoms with Gasteiger partial charge in [0.05, 0.1) is 0 Å². The average Bonchev–Trinajstić information content (AvgIpc) is 2.80. The Morgan fingerprint density at radius 2 is 0.906 bits per heavy atom. The Hall–Kier alpha value is 0.0569. The molecule has 194 valence electrons. The van der Waals surface area contributed by atoms with E-state index in [9.17, 15) is 0 Å². The number of hydrogen-bond acceptors (Lipinski definition) is 4. The fourth-order valence-corrected chi connectivity index (χ4v) is 6.17. The fourth-order valence-electron chi connectivity index (χ4n) is 4.84. The van der Waals surface area contributed by atoms with Crippen molar-refractivity contribution in [3.05, 3.63) is 0 Å². The van der Waals surface area contributed by atoms with Gasteiger partial charge in [-0.25, -0.2) is 0 Å². The lowest BCUT2D eigenvalue weighted by Crippen LogP contribution is -2.39. The Morgan fingerprint density at radius 1 is 0.562 bits per heavy atom. The summed E-state index contributed by atoms with van der Waals surface area (Å²) in [4.78, 5) is 8.04. The van der Waals surface area contributed by atoms with Crippen LogP contribution in [0.3, 0.4) is 0 Å². The third kappa shape index (κ3) is 13.7. The van der Waals surface area contributed by atoms with Crippen LogP contribution in [0.4, 0.5) is 0 Å². The molecule has 0 spiro atoms. The predicted molar refractivity (Wildman–Crippen MR) is 147 cm³/mol. The van der Waals surface area contributed by atoms with Crippen LogP contribution in [0.5, 0.6) is 0 Å². The molecule has 0 aromatic carbocycles. The quantitative estimate of drug-likeness (QED) is 0.166. The fraction of sp³-hybridized carbons (Fsp3) is 1.00. The SMILES string of the molecule is CCCN(CC)CCC(CCN(CC)CCC)(CCN(CC)CCC)CC[Si](C)(C)OC. The average molecular weight is 472 g/mol. The largest absolute Gasteiger partial charge is 0.420 e. The van der Waals surface area contributed by atoms with E-state index in [1.807, 2.05) is 7.11 Å². The molecule has 0 aromatic rings. The zero-order valence-corrected chi connectivity index (χ0v) is 24.8. The topological polar surface area (TPSA) is 19.0 Å². The van der Waals surface area contributed by atoms with E-state index in [1.165, 1.54) is 110 Å². The monoisotopic (exact) mass is 471 g/mol. The third-order valence-electron chi connectivity index (χ3n) is 7.65. The molecule has 0 rings (SSSR count). The van der Waals surface area contributed by atoms with E-state index in [1.54, 1.807) is 0 Å². The van der Waals surface area contributed by atoms with Gasteiger partial charge in [-0.2, -0.15) is 0 Å². The molecule has 0 aliphatic carbocycles. The first-order valence-corrected chi connectivity index (χ1v) is 17.1. The Labute approximate surface area is 204 Å². The van der Waals surface area contributed by atoms with Crippen LogP contribution < -0.4 is 0 Å². The van der Waals surface area contributed by atoms with Crippen LogP contribution in [0, 0.1) is 5.41 Å². The molecule has 0 aliphatic rings. The molecule has 0 saturated carbocycles. The Balaban J connectivity index is 5.67. The molecule has 0 unspecified atom stereocenters. The minimum absolute atomic E-state index is 0.423. The van der Waals surface area contributed by atoms with Gasteiger partial charge >= 0.3 is 0 Å². The lowest BCUT2D eigenvalue weighted by molar-refractivity contribution is 0.118. The van der Waals surface area contributed by atoms with Gasteiger partial charge in [0, 0.05) is 7.11 Å². The minimum atomic E-state index is -1.57. The molecule has 0 atom stereocenters. The predicted octanol–water partition coefficient (Wildman–Crippen LogP) is 6.58. The van der Waals surface area contributed by atoms with Crippen molar-refractivity contribution in [1.82, 2.24) is 14.7 Å². The first kappa shape index (κ1) is 32.1. The summed E-state index contributed by atoms with van der Waals surface area (Å²) in [6.07, 6.45) is 9.10. The van der Waals surface area contributed by atoms with E-state index >= 15 is 0 Å². The maximum absolute atomic E-state index is 6.00. The second kappa shape index (κ2) is 18.4. The summed E-state index contributed by atoms with van der Waals surface area (Å²) >= 11 is 0. The molecule has 0 bridgehead atoms. The molecule has 0 amide bonds. The summed E-state index contributed by atoms with van der Waals surface area (Å²) < 4.78 is 6.00. The van der Waals surface area contributed by atoms with Gasteiger partial charge in [0.1, 0.15) is 0 Å². The summed E-state index contributed by atoms with van der Waals surface area (Å²) in [5.41, 5.74) is 0.423. The Kier molecular flexibility index (Phi) is 18.4. The second-order valence-electron chi connectivity index (χ2n) is 10.5. The van der Waals surface area contributed by atoms with Gasteiger partial charge in [0.15, 0.2) is 8.32 Å². The zero-order chi connectivity index (χ0) is 24.5. The molecule has 0 radical (unpaired) electrons. The molecule has 4 nitrogen and oxygen atoms in total. The maximum Gasteiger partial charge on any atom is 0.186 e. The molecule has 0 heterocycles. The molecule has 0 saturated heterocycles. The van der Waals surface area contributed by atoms with Gasteiger partial charge in [0.25, 0.3) is 0 Å². The van der Waals surface area contributed by atoms with Crippen LogP contribution in [0.25, 0.3) is 0 Å². The smallest absolute Gasteiger partial charge is 0.186 e. The molecule has 0 N–H and O–H groups in total. The first-order chi connectivity index (χ1) is 15.2. The molecule has 0 fully saturated rings. The highest BCUT2D eigenvalue weighted by Crippen LogP contribution is 2.39. The van der Waals surface area contributed by atoms with Crippen LogP contribution in [-0.2, 0) is 4.43 Å². The van der Waals surface area contributed by atoms with Crippen LogP contribution in [0.1, 0.15) is 86.5 Å². The second-order valence-corrected chi connectivity index (χ2v) is 14.9. The molecular formula is C27H61N3OSi. The normalized spacial score (nSPS) is 13.1. The van der Waals surface area contributed by atoms with Crippen LogP contribution >= 0.6 is 0 Å². The van der Waals surface area contributed by atoms with E-state index in [2.05, 4.69) is 69.3 Å². The van der Waals surface area contributed by atoms with Gasteiger partial charge in [0.2, 0.25) is 0 Å². The highest BCUT2D eigenvalue weighted by molar-refractivity contribution is 6.71. The van der Waals surface area contributed by atoms with Crippen molar-refractivity contribution in [3.63, 3.8) is 0 Å². The van der Waals surface area contributed by atoms with Crippen LogP contribution in [0.2, 0.25) is 19.1 Å².